The van der Waals surface area contributed by atoms with Crippen molar-refractivity contribution in [2.24, 2.45) is 0 Å². The van der Waals surface area contributed by atoms with Gasteiger partial charge in [-0.1, -0.05) is 75.0 Å². The van der Waals surface area contributed by atoms with E-state index in [1.807, 2.05) is 36.5 Å². The van der Waals surface area contributed by atoms with Crippen molar-refractivity contribution in [3.05, 3.63) is 133 Å². The van der Waals surface area contributed by atoms with Gasteiger partial charge < -0.3 is 14.1 Å². The molecule has 8 aromatic rings. The van der Waals surface area contributed by atoms with Crippen LogP contribution in [-0.2, 0) is 26.5 Å². The Morgan fingerprint density at radius 2 is 1.23 bits per heavy atom. The predicted octanol–water partition coefficient (Wildman–Crippen LogP) is 9.23. The molecule has 0 amide bonds. The first-order valence-corrected chi connectivity index (χ1v) is 14.3. The third-order valence-electron chi connectivity index (χ3n) is 8.06. The molecule has 4 aromatic heterocycles. The third-order valence-corrected chi connectivity index (χ3v) is 8.06. The minimum Gasteiger partial charge on any atom is -0.318 e. The molecule has 0 spiro atoms. The van der Waals surface area contributed by atoms with Crippen LogP contribution in [0, 0.1) is 12.1 Å². The summed E-state index contributed by atoms with van der Waals surface area (Å²) in [6.07, 6.45) is 1.82. The number of pyridine rings is 2. The first-order valence-electron chi connectivity index (χ1n) is 14.3. The molecule has 0 aliphatic heterocycles. The summed E-state index contributed by atoms with van der Waals surface area (Å²) in [5.74, 6) is 0. The van der Waals surface area contributed by atoms with E-state index in [9.17, 15) is 0 Å². The molecule has 0 radical (unpaired) electrons. The second kappa shape index (κ2) is 10.3. The van der Waals surface area contributed by atoms with Gasteiger partial charge in [0.1, 0.15) is 11.3 Å². The molecule has 43 heavy (non-hydrogen) atoms. The Kier molecular flexibility index (Phi) is 6.56. The molecular formula is C38H28N4Pt. The fourth-order valence-electron chi connectivity index (χ4n) is 6.40. The van der Waals surface area contributed by atoms with Crippen LogP contribution < -0.4 is 0 Å². The Hall–Kier alpha value is -4.53. The fraction of sp³-hybridized carbons (Fsp3) is 0.105. The van der Waals surface area contributed by atoms with Gasteiger partial charge in [-0.05, 0) is 40.6 Å². The standard InChI is InChI=1S/C38H28N4.Pt/c1-38(2,3)35-33-28-18-7-9-21-31(28)41(26-15-5-4-6-16-26)36(33)40-37-34(35)29-19-8-10-22-32(29)42(37)27-17-13-14-25(24-27)30-20-11-12-23-39-30;/h4-15,17-23H,1-3H3;/q-2;+2. The Balaban J connectivity index is 0.00000300. The number of fused-ring (bicyclic) bond motifs is 6. The van der Waals surface area contributed by atoms with E-state index in [-0.39, 0.29) is 26.5 Å². The number of hydrogen-bond acceptors (Lipinski definition) is 2. The van der Waals surface area contributed by atoms with Gasteiger partial charge in [0.15, 0.2) is 0 Å². The topological polar surface area (TPSA) is 35.6 Å². The number of aromatic nitrogens is 4. The van der Waals surface area contributed by atoms with Crippen molar-refractivity contribution in [3.63, 3.8) is 0 Å². The molecule has 4 nitrogen and oxygen atoms in total. The van der Waals surface area contributed by atoms with Crippen molar-refractivity contribution in [3.8, 4) is 22.6 Å². The molecule has 0 unspecified atom stereocenters. The molecule has 4 heterocycles. The van der Waals surface area contributed by atoms with Crippen LogP contribution in [0.15, 0.2) is 115 Å². The number of nitrogens with zero attached hydrogens (tertiary/aromatic N) is 4. The van der Waals surface area contributed by atoms with Crippen LogP contribution in [0.3, 0.4) is 0 Å². The molecule has 0 bridgehead atoms. The second-order valence-corrected chi connectivity index (χ2v) is 11.8. The van der Waals surface area contributed by atoms with Gasteiger partial charge in [0.25, 0.3) is 0 Å². The zero-order valence-electron chi connectivity index (χ0n) is 24.1. The first kappa shape index (κ1) is 27.3. The molecule has 8 rings (SSSR count). The molecule has 0 aliphatic rings. The van der Waals surface area contributed by atoms with E-state index < -0.39 is 0 Å². The van der Waals surface area contributed by atoms with Crippen LogP contribution in [0.4, 0.5) is 0 Å². The fourth-order valence-corrected chi connectivity index (χ4v) is 6.40. The average molecular weight is 736 g/mol. The van der Waals surface area contributed by atoms with E-state index in [1.54, 1.807) is 0 Å². The molecule has 0 aliphatic carbocycles. The molecule has 0 fully saturated rings. The largest absolute Gasteiger partial charge is 2.00 e. The summed E-state index contributed by atoms with van der Waals surface area (Å²) < 4.78 is 4.53. The summed E-state index contributed by atoms with van der Waals surface area (Å²) in [7, 11) is 0. The van der Waals surface area contributed by atoms with E-state index in [0.29, 0.717) is 0 Å². The molecule has 0 N–H and O–H groups in total. The normalized spacial score (nSPS) is 11.9. The van der Waals surface area contributed by atoms with Gasteiger partial charge in [-0.15, -0.1) is 35.9 Å². The summed E-state index contributed by atoms with van der Waals surface area (Å²) in [4.78, 5) is 10.1. The first-order chi connectivity index (χ1) is 20.5. The van der Waals surface area contributed by atoms with Gasteiger partial charge >= 0.3 is 21.1 Å². The van der Waals surface area contributed by atoms with E-state index in [2.05, 4.69) is 126 Å². The SMILES string of the molecule is CC(C)(C)c1c2c3ccccc3n(-c3[c-]cccc3)c2nc2c1c1ccccc1n2-c1[c-]c(-c2ccccn2)ccc1.[Pt+2]. The smallest absolute Gasteiger partial charge is 0.318 e. The maximum absolute atomic E-state index is 5.55. The minimum absolute atomic E-state index is 0. The Morgan fingerprint density at radius 1 is 0.628 bits per heavy atom. The van der Waals surface area contributed by atoms with Gasteiger partial charge in [-0.25, -0.2) is 4.98 Å². The van der Waals surface area contributed by atoms with Gasteiger partial charge in [-0.3, -0.25) is 0 Å². The maximum Gasteiger partial charge on any atom is 2.00 e. The second-order valence-electron chi connectivity index (χ2n) is 11.8. The Labute approximate surface area is 264 Å². The number of rotatable bonds is 3. The molecule has 4 aromatic carbocycles. The number of hydrogen-bond donors (Lipinski definition) is 0. The van der Waals surface area contributed by atoms with Crippen molar-refractivity contribution in [2.75, 3.05) is 0 Å². The number of para-hydroxylation sites is 3. The van der Waals surface area contributed by atoms with E-state index in [0.717, 1.165) is 45.0 Å². The van der Waals surface area contributed by atoms with Crippen LogP contribution in [0.2, 0.25) is 0 Å². The third kappa shape index (κ3) is 4.24. The van der Waals surface area contributed by atoms with E-state index >= 15 is 0 Å². The zero-order chi connectivity index (χ0) is 28.4. The van der Waals surface area contributed by atoms with Crippen LogP contribution in [0.5, 0.6) is 0 Å². The minimum atomic E-state index is -0.163. The van der Waals surface area contributed by atoms with Crippen LogP contribution in [0.1, 0.15) is 26.3 Å². The van der Waals surface area contributed by atoms with E-state index in [4.69, 9.17) is 4.98 Å². The molecule has 210 valence electrons. The predicted molar refractivity (Wildman–Crippen MR) is 173 cm³/mol. The molecule has 0 saturated heterocycles. The van der Waals surface area contributed by atoms with Crippen LogP contribution >= 0.6 is 0 Å². The van der Waals surface area contributed by atoms with Gasteiger partial charge in [-0.2, -0.15) is 24.3 Å². The van der Waals surface area contributed by atoms with Crippen LogP contribution in [-0.4, -0.2) is 19.1 Å². The molecule has 0 atom stereocenters. The van der Waals surface area contributed by atoms with Gasteiger partial charge in [0.05, 0.1) is 11.0 Å². The summed E-state index contributed by atoms with van der Waals surface area (Å²) >= 11 is 0. The average Bonchev–Trinajstić information content (AvgIpc) is 3.53. The summed E-state index contributed by atoms with van der Waals surface area (Å²) in [6.45, 7) is 6.92. The van der Waals surface area contributed by atoms with Crippen molar-refractivity contribution < 1.29 is 21.1 Å². The number of benzene rings is 4. The Bertz CT molecular complexity index is 2270. The summed E-state index contributed by atoms with van der Waals surface area (Å²) in [5, 5.41) is 4.76. The monoisotopic (exact) mass is 735 g/mol. The van der Waals surface area contributed by atoms with Crippen molar-refractivity contribution in [2.45, 2.75) is 26.2 Å². The van der Waals surface area contributed by atoms with Crippen molar-refractivity contribution in [1.29, 1.82) is 0 Å². The van der Waals surface area contributed by atoms with Gasteiger partial charge in [0, 0.05) is 27.7 Å². The van der Waals surface area contributed by atoms with Crippen LogP contribution in [0.25, 0.3) is 66.5 Å². The van der Waals surface area contributed by atoms with Gasteiger partial charge in [0.2, 0.25) is 0 Å². The van der Waals surface area contributed by atoms with E-state index in [1.165, 1.54) is 27.1 Å². The van der Waals surface area contributed by atoms with Crippen molar-refractivity contribution in [1.82, 2.24) is 19.1 Å². The van der Waals surface area contributed by atoms with Crippen molar-refractivity contribution >= 4 is 43.9 Å². The molecule has 5 heteroatoms. The molecular weight excluding hydrogens is 708 g/mol. The maximum atomic E-state index is 5.55. The summed E-state index contributed by atoms with van der Waals surface area (Å²) in [6, 6.07) is 44.8. The Morgan fingerprint density at radius 3 is 1.84 bits per heavy atom. The zero-order valence-corrected chi connectivity index (χ0v) is 26.3. The summed E-state index contributed by atoms with van der Waals surface area (Å²) in [5.41, 5.74) is 8.97. The molecule has 0 saturated carbocycles. The quantitative estimate of drug-likeness (QED) is 0.170.